The molecule has 6 heteroatoms. The van der Waals surface area contributed by atoms with E-state index in [4.69, 9.17) is 0 Å². The zero-order valence-corrected chi connectivity index (χ0v) is 14.9. The Kier molecular flexibility index (Phi) is 3.99. The van der Waals surface area contributed by atoms with Crippen LogP contribution in [0.3, 0.4) is 0 Å². The van der Waals surface area contributed by atoms with E-state index in [2.05, 4.69) is 38.1 Å². The maximum Gasteiger partial charge on any atom is 0.251 e. The summed E-state index contributed by atoms with van der Waals surface area (Å²) in [6.07, 6.45) is 2.02. The monoisotopic (exact) mass is 435 g/mol. The molecule has 1 aromatic heterocycles. The minimum Gasteiger partial charge on any atom is -0.345 e. The van der Waals surface area contributed by atoms with Crippen molar-refractivity contribution in [3.8, 4) is 0 Å². The van der Waals surface area contributed by atoms with Crippen LogP contribution in [0.25, 0.3) is 10.9 Å². The summed E-state index contributed by atoms with van der Waals surface area (Å²) in [6.45, 7) is 0. The van der Waals surface area contributed by atoms with Crippen molar-refractivity contribution in [3.05, 3.63) is 63.1 Å². The van der Waals surface area contributed by atoms with Crippen LogP contribution in [0.15, 0.2) is 42.5 Å². The van der Waals surface area contributed by atoms with Crippen molar-refractivity contribution in [1.29, 1.82) is 0 Å². The number of carbonyl (C=O) groups excluding carboxylic acids is 1. The number of halogens is 2. The fourth-order valence-corrected chi connectivity index (χ4v) is 3.52. The molecular formula is C18H15FIN3O. The number of H-pyrrole nitrogens is 1. The number of benzene rings is 2. The maximum absolute atomic E-state index is 14.1. The lowest BCUT2D eigenvalue weighted by molar-refractivity contribution is 0.0931. The third kappa shape index (κ3) is 2.90. The number of nitrogens with zero attached hydrogens (tertiary/aromatic N) is 1. The third-order valence-electron chi connectivity index (χ3n) is 4.40. The van der Waals surface area contributed by atoms with Gasteiger partial charge in [-0.15, -0.1) is 0 Å². The largest absolute Gasteiger partial charge is 0.345 e. The highest BCUT2D eigenvalue weighted by Gasteiger charge is 2.35. The predicted octanol–water partition coefficient (Wildman–Crippen LogP) is 4.19. The highest BCUT2D eigenvalue weighted by molar-refractivity contribution is 14.1. The van der Waals surface area contributed by atoms with Gasteiger partial charge in [-0.05, 0) is 65.6 Å². The molecule has 1 aliphatic rings. The lowest BCUT2D eigenvalue weighted by atomic mass is 10.0. The topological polar surface area (TPSA) is 57.8 Å². The third-order valence-corrected chi connectivity index (χ3v) is 5.22. The van der Waals surface area contributed by atoms with E-state index in [-0.39, 0.29) is 17.8 Å². The minimum atomic E-state index is -0.280. The number of amides is 1. The van der Waals surface area contributed by atoms with Crippen molar-refractivity contribution in [1.82, 2.24) is 15.5 Å². The summed E-state index contributed by atoms with van der Waals surface area (Å²) in [5.74, 6) is -0.146. The molecule has 0 bridgehead atoms. The summed E-state index contributed by atoms with van der Waals surface area (Å²) in [4.78, 5) is 12.7. The van der Waals surface area contributed by atoms with E-state index in [0.29, 0.717) is 17.0 Å². The van der Waals surface area contributed by atoms with Crippen LogP contribution >= 0.6 is 22.6 Å². The first-order chi connectivity index (χ1) is 11.6. The molecule has 0 radical (unpaired) electrons. The minimum absolute atomic E-state index is 0.186. The van der Waals surface area contributed by atoms with Crippen molar-refractivity contribution in [2.75, 3.05) is 0 Å². The van der Waals surface area contributed by atoms with Gasteiger partial charge in [0, 0.05) is 16.5 Å². The molecule has 2 aromatic carbocycles. The van der Waals surface area contributed by atoms with Crippen molar-refractivity contribution >= 4 is 39.4 Å². The zero-order chi connectivity index (χ0) is 16.7. The van der Waals surface area contributed by atoms with Gasteiger partial charge in [-0.3, -0.25) is 9.89 Å². The number of fused-ring (bicyclic) bond motifs is 1. The molecule has 4 rings (SSSR count). The average Bonchev–Trinajstić information content (AvgIpc) is 3.37. The molecule has 0 aliphatic heterocycles. The second-order valence-electron chi connectivity index (χ2n) is 6.08. The molecule has 1 atom stereocenters. The molecule has 0 saturated heterocycles. The fraction of sp³-hybridized carbons (Fsp3) is 0.222. The zero-order valence-electron chi connectivity index (χ0n) is 12.7. The van der Waals surface area contributed by atoms with Gasteiger partial charge >= 0.3 is 0 Å². The summed E-state index contributed by atoms with van der Waals surface area (Å²) in [7, 11) is 0. The van der Waals surface area contributed by atoms with E-state index in [1.807, 2.05) is 12.1 Å². The summed E-state index contributed by atoms with van der Waals surface area (Å²) in [6, 6.07) is 11.8. The number of rotatable bonds is 4. The second-order valence-corrected chi connectivity index (χ2v) is 7.11. The molecule has 1 fully saturated rings. The maximum atomic E-state index is 14.1. The quantitative estimate of drug-likeness (QED) is 0.604. The first-order valence-corrected chi connectivity index (χ1v) is 8.90. The molecule has 3 aromatic rings. The number of hydrogen-bond acceptors (Lipinski definition) is 2. The summed E-state index contributed by atoms with van der Waals surface area (Å²) in [5.41, 5.74) is 2.01. The number of hydrogen-bond donors (Lipinski definition) is 2. The molecule has 0 spiro atoms. The number of aromatic nitrogens is 2. The Morgan fingerprint density at radius 3 is 2.83 bits per heavy atom. The van der Waals surface area contributed by atoms with E-state index in [9.17, 15) is 9.18 Å². The van der Waals surface area contributed by atoms with Crippen LogP contribution in [0.1, 0.15) is 34.8 Å². The first kappa shape index (κ1) is 15.6. The van der Waals surface area contributed by atoms with Crippen LogP contribution in [-0.4, -0.2) is 16.1 Å². The normalized spacial score (nSPS) is 15.4. The lowest BCUT2D eigenvalue weighted by Gasteiger charge is -2.19. The van der Waals surface area contributed by atoms with E-state index >= 15 is 0 Å². The van der Waals surface area contributed by atoms with Crippen molar-refractivity contribution in [2.24, 2.45) is 5.92 Å². The summed E-state index contributed by atoms with van der Waals surface area (Å²) >= 11 is 2.13. The molecule has 24 heavy (non-hydrogen) atoms. The Labute approximate surface area is 152 Å². The van der Waals surface area contributed by atoms with Gasteiger partial charge in [-0.1, -0.05) is 18.2 Å². The number of carbonyl (C=O) groups is 1. The van der Waals surface area contributed by atoms with Crippen molar-refractivity contribution in [2.45, 2.75) is 18.9 Å². The van der Waals surface area contributed by atoms with Gasteiger partial charge in [0.15, 0.2) is 0 Å². The van der Waals surface area contributed by atoms with Gasteiger partial charge in [0.25, 0.3) is 5.91 Å². The SMILES string of the molecule is O=C(N[C@H](c1ccccc1F)C1CC1)c1ccc2[nH]nc(I)c2c1. The van der Waals surface area contributed by atoms with E-state index in [0.717, 1.165) is 27.4 Å². The highest BCUT2D eigenvalue weighted by Crippen LogP contribution is 2.41. The van der Waals surface area contributed by atoms with Crippen molar-refractivity contribution in [3.63, 3.8) is 0 Å². The Morgan fingerprint density at radius 1 is 1.29 bits per heavy atom. The smallest absolute Gasteiger partial charge is 0.251 e. The molecule has 1 aliphatic carbocycles. The van der Waals surface area contributed by atoms with Gasteiger partial charge in [-0.25, -0.2) is 4.39 Å². The molecule has 122 valence electrons. The van der Waals surface area contributed by atoms with Gasteiger partial charge < -0.3 is 5.32 Å². The molecule has 4 nitrogen and oxygen atoms in total. The van der Waals surface area contributed by atoms with Gasteiger partial charge in [0.1, 0.15) is 9.52 Å². The van der Waals surface area contributed by atoms with E-state index < -0.39 is 0 Å². The van der Waals surface area contributed by atoms with Crippen LogP contribution < -0.4 is 5.32 Å². The Bertz CT molecular complexity index is 920. The number of aromatic amines is 1. The standard InChI is InChI=1S/C18H15FIN3O/c19-14-4-2-1-3-12(14)16(10-5-6-10)21-18(24)11-7-8-15-13(9-11)17(20)23-22-15/h1-4,7-10,16H,5-6H2,(H,21,24)(H,22,23)/t16-/m0/s1. The van der Waals surface area contributed by atoms with Crippen LogP contribution in [0.4, 0.5) is 4.39 Å². The Hall–Kier alpha value is -1.96. The summed E-state index contributed by atoms with van der Waals surface area (Å²) in [5, 5.41) is 11.0. The van der Waals surface area contributed by atoms with Crippen LogP contribution in [0.2, 0.25) is 0 Å². The van der Waals surface area contributed by atoms with Gasteiger partial charge in [0.2, 0.25) is 0 Å². The fourth-order valence-electron chi connectivity index (χ4n) is 2.95. The van der Waals surface area contributed by atoms with Crippen molar-refractivity contribution < 1.29 is 9.18 Å². The first-order valence-electron chi connectivity index (χ1n) is 7.82. The molecule has 1 amide bonds. The predicted molar refractivity (Wildman–Crippen MR) is 98.1 cm³/mol. The Balaban J connectivity index is 1.63. The van der Waals surface area contributed by atoms with Crippen LogP contribution in [0.5, 0.6) is 0 Å². The van der Waals surface area contributed by atoms with E-state index in [1.54, 1.807) is 24.3 Å². The molecule has 2 N–H and O–H groups in total. The average molecular weight is 435 g/mol. The van der Waals surface area contributed by atoms with Gasteiger partial charge in [0.05, 0.1) is 11.6 Å². The molecular weight excluding hydrogens is 420 g/mol. The summed E-state index contributed by atoms with van der Waals surface area (Å²) < 4.78 is 15.0. The van der Waals surface area contributed by atoms with Crippen LogP contribution in [-0.2, 0) is 0 Å². The molecule has 0 unspecified atom stereocenters. The molecule has 1 heterocycles. The second kappa shape index (κ2) is 6.16. The lowest BCUT2D eigenvalue weighted by Crippen LogP contribution is -2.30. The number of nitrogens with one attached hydrogen (secondary N) is 2. The molecule has 1 saturated carbocycles. The Morgan fingerprint density at radius 2 is 2.08 bits per heavy atom. The van der Waals surface area contributed by atoms with E-state index in [1.165, 1.54) is 6.07 Å². The van der Waals surface area contributed by atoms with Gasteiger partial charge in [-0.2, -0.15) is 5.10 Å². The van der Waals surface area contributed by atoms with Crippen LogP contribution in [0, 0.1) is 15.4 Å². The highest BCUT2D eigenvalue weighted by atomic mass is 127.